The highest BCUT2D eigenvalue weighted by atomic mass is 16.5. The zero-order valence-electron chi connectivity index (χ0n) is 15.6. The van der Waals surface area contributed by atoms with Crippen LogP contribution < -0.4 is 21.0 Å². The average molecular weight is 380 g/mol. The summed E-state index contributed by atoms with van der Waals surface area (Å²) in [5.41, 5.74) is 6.79. The van der Waals surface area contributed by atoms with Crippen molar-refractivity contribution in [3.63, 3.8) is 0 Å². The van der Waals surface area contributed by atoms with Gasteiger partial charge in [-0.1, -0.05) is 30.3 Å². The fourth-order valence-electron chi connectivity index (χ4n) is 2.80. The number of para-hydroxylation sites is 2. The highest BCUT2D eigenvalue weighted by Gasteiger charge is 2.10. The van der Waals surface area contributed by atoms with Crippen molar-refractivity contribution < 1.29 is 14.3 Å². The Labute approximate surface area is 161 Å². The number of hydrogen-bond donors (Lipinski definition) is 2. The molecule has 0 saturated heterocycles. The van der Waals surface area contributed by atoms with Crippen LogP contribution in [0.15, 0.2) is 53.5 Å². The van der Waals surface area contributed by atoms with E-state index in [0.717, 1.165) is 17.3 Å². The Bertz CT molecular complexity index is 1070. The third kappa shape index (κ3) is 4.35. The van der Waals surface area contributed by atoms with Crippen molar-refractivity contribution >= 4 is 22.7 Å². The van der Waals surface area contributed by atoms with Gasteiger partial charge in [0.05, 0.1) is 11.7 Å². The van der Waals surface area contributed by atoms with Crippen LogP contribution in [0.5, 0.6) is 5.75 Å². The fraction of sp³-hybridized carbons (Fsp3) is 0.200. The summed E-state index contributed by atoms with van der Waals surface area (Å²) in [4.78, 5) is 35.9. The molecule has 0 aliphatic carbocycles. The second-order valence-electron chi connectivity index (χ2n) is 6.29. The number of fused-ring (bicyclic) bond motifs is 1. The van der Waals surface area contributed by atoms with Crippen molar-refractivity contribution in [2.45, 2.75) is 20.4 Å². The van der Waals surface area contributed by atoms with E-state index in [-0.39, 0.29) is 18.6 Å². The molecule has 0 unspecified atom stereocenters. The number of ether oxygens (including phenoxy) is 1. The molecule has 0 saturated carbocycles. The van der Waals surface area contributed by atoms with Crippen molar-refractivity contribution in [1.29, 1.82) is 0 Å². The van der Waals surface area contributed by atoms with Gasteiger partial charge in [-0.15, -0.1) is 0 Å². The number of nitrogens with zero attached hydrogens (tertiary/aromatic N) is 2. The van der Waals surface area contributed by atoms with Crippen molar-refractivity contribution in [2.24, 2.45) is 0 Å². The van der Waals surface area contributed by atoms with E-state index in [4.69, 9.17) is 4.74 Å². The first kappa shape index (κ1) is 19.1. The van der Waals surface area contributed by atoms with Crippen molar-refractivity contribution in [1.82, 2.24) is 20.6 Å². The average Bonchev–Trinajstić information content (AvgIpc) is 2.68. The minimum Gasteiger partial charge on any atom is -0.483 e. The van der Waals surface area contributed by atoms with Gasteiger partial charge in [-0.25, -0.2) is 0 Å². The molecule has 0 bridgehead atoms. The molecule has 3 aromatic rings. The first-order valence-electron chi connectivity index (χ1n) is 8.67. The molecule has 1 aromatic heterocycles. The van der Waals surface area contributed by atoms with Gasteiger partial charge in [-0.05, 0) is 37.1 Å². The summed E-state index contributed by atoms with van der Waals surface area (Å²) >= 11 is 0. The summed E-state index contributed by atoms with van der Waals surface area (Å²) in [6, 6.07) is 12.6. The molecule has 28 heavy (non-hydrogen) atoms. The number of amides is 2. The minimum absolute atomic E-state index is 0.154. The lowest BCUT2D eigenvalue weighted by atomic mass is 10.1. The number of hydrogen-bond acceptors (Lipinski definition) is 5. The zero-order valence-corrected chi connectivity index (χ0v) is 15.6. The van der Waals surface area contributed by atoms with E-state index in [9.17, 15) is 14.4 Å². The molecule has 0 aliphatic heterocycles. The molecule has 144 valence electrons. The van der Waals surface area contributed by atoms with E-state index in [1.54, 1.807) is 24.3 Å². The number of aryl methyl sites for hydroxylation is 2. The van der Waals surface area contributed by atoms with Crippen molar-refractivity contribution in [3.05, 3.63) is 70.0 Å². The minimum atomic E-state index is -0.492. The summed E-state index contributed by atoms with van der Waals surface area (Å²) < 4.78 is 6.93. The highest BCUT2D eigenvalue weighted by molar-refractivity contribution is 5.84. The zero-order chi connectivity index (χ0) is 20.1. The van der Waals surface area contributed by atoms with Crippen LogP contribution >= 0.6 is 0 Å². The second kappa shape index (κ2) is 8.34. The standard InChI is InChI=1S/C20H20N4O4/c1-13-6-5-7-14(2)20(13)28-12-19(27)23-22-18(26)11-24-16-9-4-3-8-15(16)17(25)10-21-24/h3-10H,11-12H2,1-2H3,(H,22,26)(H,23,27). The van der Waals surface area contributed by atoms with E-state index in [1.165, 1.54) is 4.68 Å². The molecule has 0 atom stereocenters. The Morgan fingerprint density at radius 1 is 1.00 bits per heavy atom. The van der Waals surface area contributed by atoms with Gasteiger partial charge in [0.15, 0.2) is 6.61 Å². The van der Waals surface area contributed by atoms with Crippen LogP contribution in [0.25, 0.3) is 10.9 Å². The summed E-state index contributed by atoms with van der Waals surface area (Å²) in [5.74, 6) is -0.330. The summed E-state index contributed by atoms with van der Waals surface area (Å²) in [6.45, 7) is 3.40. The monoisotopic (exact) mass is 380 g/mol. The Balaban J connectivity index is 1.55. The largest absolute Gasteiger partial charge is 0.483 e. The molecule has 2 aromatic carbocycles. The number of carbonyl (C=O) groups is 2. The SMILES string of the molecule is Cc1cccc(C)c1OCC(=O)NNC(=O)Cn1ncc(=O)c2ccccc21. The van der Waals surface area contributed by atoms with E-state index < -0.39 is 11.8 Å². The van der Waals surface area contributed by atoms with Crippen LogP contribution in [0.1, 0.15) is 11.1 Å². The Morgan fingerprint density at radius 3 is 2.43 bits per heavy atom. The number of carbonyl (C=O) groups excluding carboxylic acids is 2. The molecule has 8 heteroatoms. The molecule has 2 N–H and O–H groups in total. The molecule has 0 spiro atoms. The molecule has 1 heterocycles. The van der Waals surface area contributed by atoms with Gasteiger partial charge in [0, 0.05) is 5.39 Å². The molecule has 2 amide bonds. The maximum Gasteiger partial charge on any atom is 0.276 e. The van der Waals surface area contributed by atoms with Gasteiger partial charge in [0.2, 0.25) is 5.43 Å². The van der Waals surface area contributed by atoms with Crippen LogP contribution in [0.4, 0.5) is 0 Å². The topological polar surface area (TPSA) is 102 Å². The second-order valence-corrected chi connectivity index (χ2v) is 6.29. The first-order chi connectivity index (χ1) is 13.5. The van der Waals surface area contributed by atoms with Crippen LogP contribution in [0.3, 0.4) is 0 Å². The normalized spacial score (nSPS) is 10.5. The van der Waals surface area contributed by atoms with Gasteiger partial charge in [0.25, 0.3) is 11.8 Å². The molecular weight excluding hydrogens is 360 g/mol. The highest BCUT2D eigenvalue weighted by Crippen LogP contribution is 2.21. The Hall–Kier alpha value is -3.68. The van der Waals surface area contributed by atoms with E-state index in [0.29, 0.717) is 16.7 Å². The first-order valence-corrected chi connectivity index (χ1v) is 8.67. The van der Waals surface area contributed by atoms with Gasteiger partial charge < -0.3 is 4.74 Å². The van der Waals surface area contributed by atoms with Crippen LogP contribution in [-0.2, 0) is 16.1 Å². The van der Waals surface area contributed by atoms with Crippen molar-refractivity contribution in [3.8, 4) is 5.75 Å². The smallest absolute Gasteiger partial charge is 0.276 e. The molecule has 0 radical (unpaired) electrons. The third-order valence-electron chi connectivity index (χ3n) is 4.15. The molecule has 0 fully saturated rings. The third-order valence-corrected chi connectivity index (χ3v) is 4.15. The van der Waals surface area contributed by atoms with Gasteiger partial charge in [-0.3, -0.25) is 29.9 Å². The Morgan fingerprint density at radius 2 is 1.68 bits per heavy atom. The number of rotatable bonds is 5. The predicted octanol–water partition coefficient (Wildman–Crippen LogP) is 1.24. The van der Waals surface area contributed by atoms with Gasteiger partial charge in [0.1, 0.15) is 12.3 Å². The lowest BCUT2D eigenvalue weighted by molar-refractivity contribution is -0.130. The van der Waals surface area contributed by atoms with Crippen LogP contribution in [0.2, 0.25) is 0 Å². The van der Waals surface area contributed by atoms with Gasteiger partial charge >= 0.3 is 0 Å². The van der Waals surface area contributed by atoms with Crippen LogP contribution in [-0.4, -0.2) is 28.2 Å². The predicted molar refractivity (Wildman–Crippen MR) is 104 cm³/mol. The van der Waals surface area contributed by atoms with Crippen molar-refractivity contribution in [2.75, 3.05) is 6.61 Å². The molecule has 0 aliphatic rings. The molecule has 8 nitrogen and oxygen atoms in total. The van der Waals surface area contributed by atoms with E-state index in [2.05, 4.69) is 16.0 Å². The van der Waals surface area contributed by atoms with E-state index >= 15 is 0 Å². The number of aromatic nitrogens is 2. The Kier molecular flexibility index (Phi) is 5.69. The summed E-state index contributed by atoms with van der Waals surface area (Å²) in [6.07, 6.45) is 1.16. The quantitative estimate of drug-likeness (QED) is 0.649. The molecule has 3 rings (SSSR count). The van der Waals surface area contributed by atoms with Gasteiger partial charge in [-0.2, -0.15) is 5.10 Å². The fourth-order valence-corrected chi connectivity index (χ4v) is 2.80. The lowest BCUT2D eigenvalue weighted by Crippen LogP contribution is -2.45. The summed E-state index contributed by atoms with van der Waals surface area (Å²) in [7, 11) is 0. The number of nitrogens with one attached hydrogen (secondary N) is 2. The van der Waals surface area contributed by atoms with E-state index in [1.807, 2.05) is 32.0 Å². The maximum atomic E-state index is 12.1. The summed E-state index contributed by atoms with van der Waals surface area (Å²) in [5, 5.41) is 4.44. The lowest BCUT2D eigenvalue weighted by Gasteiger charge is -2.13. The molecular formula is C20H20N4O4. The van der Waals surface area contributed by atoms with Crippen LogP contribution in [0, 0.1) is 13.8 Å². The number of hydrazine groups is 1. The number of benzene rings is 2. The maximum absolute atomic E-state index is 12.1.